The summed E-state index contributed by atoms with van der Waals surface area (Å²) in [5.41, 5.74) is 1.86. The quantitative estimate of drug-likeness (QED) is 0.716. The minimum atomic E-state index is -0.0708. The lowest BCUT2D eigenvalue weighted by molar-refractivity contribution is 0.0290. The molecule has 1 N–H and O–H groups in total. The van der Waals surface area contributed by atoms with E-state index in [2.05, 4.69) is 37.6 Å². The van der Waals surface area contributed by atoms with Crippen molar-refractivity contribution in [3.8, 4) is 0 Å². The summed E-state index contributed by atoms with van der Waals surface area (Å²) >= 11 is 6.32. The van der Waals surface area contributed by atoms with Crippen molar-refractivity contribution in [1.82, 2.24) is 9.88 Å². The zero-order valence-corrected chi connectivity index (χ0v) is 17.0. The van der Waals surface area contributed by atoms with Gasteiger partial charge < -0.3 is 9.88 Å². The van der Waals surface area contributed by atoms with Crippen LogP contribution >= 0.6 is 11.6 Å². The molecule has 2 fully saturated rings. The first kappa shape index (κ1) is 17.9. The fourth-order valence-electron chi connectivity index (χ4n) is 5.58. The van der Waals surface area contributed by atoms with E-state index in [0.717, 1.165) is 23.9 Å². The van der Waals surface area contributed by atoms with Gasteiger partial charge in [-0.2, -0.15) is 0 Å². The Labute approximate surface area is 161 Å². The van der Waals surface area contributed by atoms with Gasteiger partial charge >= 0.3 is 0 Å². The molecule has 4 heteroatoms. The number of hydrogen-bond acceptors (Lipinski definition) is 1. The average molecular weight is 373 g/mol. The minimum Gasteiger partial charge on any atom is -0.350 e. The van der Waals surface area contributed by atoms with E-state index in [4.69, 9.17) is 11.6 Å². The number of amides is 1. The van der Waals surface area contributed by atoms with Gasteiger partial charge in [-0.3, -0.25) is 4.79 Å². The Hall–Kier alpha value is -1.48. The molecule has 1 saturated heterocycles. The second-order valence-corrected chi connectivity index (χ2v) is 9.51. The summed E-state index contributed by atoms with van der Waals surface area (Å²) in [5, 5.41) is 1.61. The monoisotopic (exact) mass is 372 g/mol. The lowest BCUT2D eigenvalue weighted by Crippen LogP contribution is -2.54. The van der Waals surface area contributed by atoms with Crippen molar-refractivity contribution in [3.63, 3.8) is 0 Å². The van der Waals surface area contributed by atoms with Gasteiger partial charge in [0, 0.05) is 28.0 Å². The summed E-state index contributed by atoms with van der Waals surface area (Å²) in [4.78, 5) is 19.2. The molecule has 0 bridgehead atoms. The highest BCUT2D eigenvalue weighted by Crippen LogP contribution is 2.58. The van der Waals surface area contributed by atoms with Crippen molar-refractivity contribution in [2.75, 3.05) is 6.54 Å². The van der Waals surface area contributed by atoms with Gasteiger partial charge in [-0.25, -0.2) is 0 Å². The van der Waals surface area contributed by atoms with E-state index in [9.17, 15) is 4.79 Å². The molecule has 140 valence electrons. The number of halogens is 1. The average Bonchev–Trinajstić information content (AvgIpc) is 3.15. The highest BCUT2D eigenvalue weighted by Gasteiger charge is 2.59. The fourth-order valence-corrected chi connectivity index (χ4v) is 5.81. The van der Waals surface area contributed by atoms with Crippen LogP contribution in [0.25, 0.3) is 10.9 Å². The second kappa shape index (κ2) is 6.02. The topological polar surface area (TPSA) is 36.1 Å². The molecule has 0 atom stereocenters. The molecule has 3 nitrogen and oxygen atoms in total. The van der Waals surface area contributed by atoms with Crippen LogP contribution in [0.3, 0.4) is 0 Å². The van der Waals surface area contributed by atoms with Crippen LogP contribution in [0.5, 0.6) is 0 Å². The predicted octanol–water partition coefficient (Wildman–Crippen LogP) is 5.89. The highest BCUT2D eigenvalue weighted by atomic mass is 35.5. The molecule has 1 aliphatic carbocycles. The Morgan fingerprint density at radius 3 is 2.42 bits per heavy atom. The number of benzene rings is 1. The third-order valence-electron chi connectivity index (χ3n) is 7.15. The molecule has 26 heavy (non-hydrogen) atoms. The Balaban J connectivity index is 1.77. The fraction of sp³-hybridized carbons (Fsp3) is 0.591. The van der Waals surface area contributed by atoms with Crippen LogP contribution in [0.1, 0.15) is 63.9 Å². The van der Waals surface area contributed by atoms with Crippen LogP contribution in [0, 0.1) is 17.3 Å². The smallest absolute Gasteiger partial charge is 0.270 e. The van der Waals surface area contributed by atoms with Gasteiger partial charge in [-0.15, -0.1) is 0 Å². The molecule has 1 aromatic carbocycles. The Bertz CT molecular complexity index is 839. The first-order valence-electron chi connectivity index (χ1n) is 9.88. The SMILES string of the molecule is CC(C)C1(C(C)C)CC2(CCC2)CN1C(=O)c1cc2c(Cl)cccc2[nH]1. The van der Waals surface area contributed by atoms with Gasteiger partial charge in [0.2, 0.25) is 0 Å². The molecule has 2 heterocycles. The maximum Gasteiger partial charge on any atom is 0.270 e. The van der Waals surface area contributed by atoms with E-state index in [-0.39, 0.29) is 11.4 Å². The molecular formula is C22H29ClN2O. The summed E-state index contributed by atoms with van der Waals surface area (Å²) in [6.07, 6.45) is 4.96. The first-order chi connectivity index (χ1) is 12.3. The van der Waals surface area contributed by atoms with Crippen LogP contribution in [-0.4, -0.2) is 27.9 Å². The van der Waals surface area contributed by atoms with Gasteiger partial charge in [0.15, 0.2) is 0 Å². The number of carbonyl (C=O) groups excluding carboxylic acids is 1. The number of likely N-dealkylation sites (tertiary alicyclic amines) is 1. The van der Waals surface area contributed by atoms with Crippen LogP contribution in [0.2, 0.25) is 5.02 Å². The molecule has 2 aromatic rings. The van der Waals surface area contributed by atoms with E-state index < -0.39 is 0 Å². The second-order valence-electron chi connectivity index (χ2n) is 9.11. The summed E-state index contributed by atoms with van der Waals surface area (Å²) in [5.74, 6) is 0.988. The number of rotatable bonds is 3. The molecule has 2 aliphatic rings. The van der Waals surface area contributed by atoms with E-state index in [1.807, 2.05) is 24.3 Å². The zero-order valence-electron chi connectivity index (χ0n) is 16.2. The van der Waals surface area contributed by atoms with Crippen molar-refractivity contribution >= 4 is 28.4 Å². The maximum atomic E-state index is 13.6. The zero-order chi connectivity index (χ0) is 18.7. The molecule has 1 saturated carbocycles. The summed E-state index contributed by atoms with van der Waals surface area (Å²) in [7, 11) is 0. The molecule has 0 unspecified atom stereocenters. The predicted molar refractivity (Wildman–Crippen MR) is 108 cm³/mol. The standard InChI is InChI=1S/C22H29ClN2O/c1-14(2)22(15(3)4)12-21(9-6-10-21)13-25(22)20(26)19-11-16-17(23)7-5-8-18(16)24-19/h5,7-8,11,14-15,24H,6,9-10,12-13H2,1-4H3. The molecule has 1 spiro atoms. The number of aromatic amines is 1. The van der Waals surface area contributed by atoms with Crippen molar-refractivity contribution in [3.05, 3.63) is 35.0 Å². The number of fused-ring (bicyclic) bond motifs is 1. The molecule has 4 rings (SSSR count). The normalized spacial score (nSPS) is 21.1. The number of hydrogen-bond donors (Lipinski definition) is 1. The van der Waals surface area contributed by atoms with Crippen molar-refractivity contribution in [1.29, 1.82) is 0 Å². The summed E-state index contributed by atoms with van der Waals surface area (Å²) in [6.45, 7) is 10.0. The van der Waals surface area contributed by atoms with E-state index >= 15 is 0 Å². The van der Waals surface area contributed by atoms with Crippen LogP contribution in [0.15, 0.2) is 24.3 Å². The molecule has 0 radical (unpaired) electrons. The lowest BCUT2D eigenvalue weighted by atomic mass is 9.62. The van der Waals surface area contributed by atoms with Crippen LogP contribution < -0.4 is 0 Å². The Kier molecular flexibility index (Phi) is 4.15. The van der Waals surface area contributed by atoms with Gasteiger partial charge in [-0.05, 0) is 54.7 Å². The number of H-pyrrole nitrogens is 1. The molecule has 1 aliphatic heterocycles. The van der Waals surface area contributed by atoms with Gasteiger partial charge in [0.05, 0.1) is 0 Å². The van der Waals surface area contributed by atoms with Crippen molar-refractivity contribution < 1.29 is 4.79 Å². The number of nitrogens with one attached hydrogen (secondary N) is 1. The van der Waals surface area contributed by atoms with Gasteiger partial charge in [0.1, 0.15) is 5.69 Å². The van der Waals surface area contributed by atoms with Crippen LogP contribution in [-0.2, 0) is 0 Å². The third kappa shape index (κ3) is 2.43. The summed E-state index contributed by atoms with van der Waals surface area (Å²) < 4.78 is 0. The molecular weight excluding hydrogens is 344 g/mol. The number of carbonyl (C=O) groups is 1. The molecule has 1 aromatic heterocycles. The Morgan fingerprint density at radius 1 is 1.19 bits per heavy atom. The summed E-state index contributed by atoms with van der Waals surface area (Å²) in [6, 6.07) is 7.70. The third-order valence-corrected chi connectivity index (χ3v) is 7.48. The Morgan fingerprint density at radius 2 is 1.88 bits per heavy atom. The van der Waals surface area contributed by atoms with E-state index in [1.54, 1.807) is 0 Å². The minimum absolute atomic E-state index is 0.0708. The highest BCUT2D eigenvalue weighted by molar-refractivity contribution is 6.35. The maximum absolute atomic E-state index is 13.6. The largest absolute Gasteiger partial charge is 0.350 e. The lowest BCUT2D eigenvalue weighted by Gasteiger charge is -2.46. The number of aromatic nitrogens is 1. The van der Waals surface area contributed by atoms with Gasteiger partial charge in [-0.1, -0.05) is 51.8 Å². The number of nitrogens with zero attached hydrogens (tertiary/aromatic N) is 1. The molecule has 1 amide bonds. The van der Waals surface area contributed by atoms with Crippen LogP contribution in [0.4, 0.5) is 0 Å². The first-order valence-corrected chi connectivity index (χ1v) is 10.3. The van der Waals surface area contributed by atoms with E-state index in [1.165, 1.54) is 19.3 Å². The van der Waals surface area contributed by atoms with Crippen molar-refractivity contribution in [2.24, 2.45) is 17.3 Å². The van der Waals surface area contributed by atoms with Gasteiger partial charge in [0.25, 0.3) is 5.91 Å². The van der Waals surface area contributed by atoms with Crippen molar-refractivity contribution in [2.45, 2.75) is 58.9 Å². The van der Waals surface area contributed by atoms with E-state index in [0.29, 0.717) is 28.0 Å².